The molecular formula is C86H103Cl2N11O4. The number of amides is 2. The van der Waals surface area contributed by atoms with Gasteiger partial charge in [-0.15, -0.1) is 12.4 Å². The second kappa shape index (κ2) is 31.7. The van der Waals surface area contributed by atoms with Gasteiger partial charge in [0.1, 0.15) is 28.0 Å². The van der Waals surface area contributed by atoms with Crippen molar-refractivity contribution in [1.29, 1.82) is 0 Å². The number of hydrogen-bond acceptors (Lipinski definition) is 13. The number of hydrogen-bond donors (Lipinski definition) is 3. The summed E-state index contributed by atoms with van der Waals surface area (Å²) in [6.45, 7) is 27.6. The highest BCUT2D eigenvalue weighted by molar-refractivity contribution is 6.30. The number of ether oxygens (including phenoxy) is 2. The number of carbonyl (C=O) groups is 2. The summed E-state index contributed by atoms with van der Waals surface area (Å²) < 4.78 is 11.1. The third kappa shape index (κ3) is 17.1. The van der Waals surface area contributed by atoms with Crippen LogP contribution in [0.4, 0.5) is 21.2 Å². The number of fused-ring (bicyclic) bond motifs is 3. The van der Waals surface area contributed by atoms with Crippen LogP contribution < -0.4 is 26.2 Å². The maximum atomic E-state index is 12.8. The lowest BCUT2D eigenvalue weighted by Gasteiger charge is -2.44. The van der Waals surface area contributed by atoms with Crippen LogP contribution in [0.1, 0.15) is 185 Å². The molecule has 3 fully saturated rings. The van der Waals surface area contributed by atoms with E-state index in [4.69, 9.17) is 36.8 Å². The summed E-state index contributed by atoms with van der Waals surface area (Å²) in [5, 5.41) is 7.01. The number of piperidine rings is 2. The van der Waals surface area contributed by atoms with Gasteiger partial charge in [-0.25, -0.2) is 24.5 Å². The zero-order chi connectivity index (χ0) is 72.1. The van der Waals surface area contributed by atoms with E-state index in [2.05, 4.69) is 165 Å². The smallest absolute Gasteiger partial charge is 0.408 e. The van der Waals surface area contributed by atoms with Gasteiger partial charge >= 0.3 is 12.2 Å². The van der Waals surface area contributed by atoms with E-state index in [1.807, 2.05) is 111 Å². The van der Waals surface area contributed by atoms with Crippen LogP contribution in [0.5, 0.6) is 0 Å². The number of halogens is 2. The van der Waals surface area contributed by atoms with Gasteiger partial charge in [0.15, 0.2) is 0 Å². The van der Waals surface area contributed by atoms with Gasteiger partial charge in [-0.2, -0.15) is 0 Å². The Hall–Kier alpha value is -8.76. The monoisotopic (exact) mass is 1420 g/mol. The Morgan fingerprint density at radius 2 is 0.816 bits per heavy atom. The number of aromatic nitrogens is 6. The number of benzene rings is 3. The Morgan fingerprint density at radius 3 is 1.20 bits per heavy atom. The third-order valence-electron chi connectivity index (χ3n) is 21.9. The van der Waals surface area contributed by atoms with Crippen LogP contribution in [0, 0.1) is 57.8 Å². The Balaban J connectivity index is 0.000000143. The highest BCUT2D eigenvalue weighted by Gasteiger charge is 2.51. The number of carbonyl (C=O) groups excluding carboxylic acids is 2. The van der Waals surface area contributed by atoms with Gasteiger partial charge in [0.05, 0.1) is 12.1 Å². The highest BCUT2D eigenvalue weighted by atomic mass is 35.5. The highest BCUT2D eigenvalue weighted by Crippen LogP contribution is 2.56. The summed E-state index contributed by atoms with van der Waals surface area (Å²) in [4.78, 5) is 56.8. The van der Waals surface area contributed by atoms with Crippen LogP contribution >= 0.6 is 24.0 Å². The molecule has 9 aromatic rings. The first kappa shape index (κ1) is 75.4. The van der Waals surface area contributed by atoms with Crippen molar-refractivity contribution in [2.24, 2.45) is 22.0 Å². The Bertz CT molecular complexity index is 4430. The maximum Gasteiger partial charge on any atom is 0.408 e. The molecule has 0 radical (unpaired) electrons. The summed E-state index contributed by atoms with van der Waals surface area (Å²) in [5.41, 5.74) is 27.4. The van der Waals surface area contributed by atoms with Crippen LogP contribution in [0.15, 0.2) is 165 Å². The molecule has 8 heterocycles. The van der Waals surface area contributed by atoms with Gasteiger partial charge in [0.25, 0.3) is 0 Å². The minimum atomic E-state index is -0.529. The van der Waals surface area contributed by atoms with E-state index >= 15 is 0 Å². The van der Waals surface area contributed by atoms with Gasteiger partial charge in [-0.05, 0) is 255 Å². The van der Waals surface area contributed by atoms with Crippen LogP contribution in [-0.2, 0) is 28.7 Å². The predicted octanol–water partition coefficient (Wildman–Crippen LogP) is 19.4. The molecule has 103 heavy (non-hydrogen) atoms. The third-order valence-corrected chi connectivity index (χ3v) is 22.3. The van der Waals surface area contributed by atoms with Crippen molar-refractivity contribution in [3.8, 4) is 33.4 Å². The van der Waals surface area contributed by atoms with E-state index in [1.165, 1.54) is 87.7 Å². The molecule has 2 saturated heterocycles. The van der Waals surface area contributed by atoms with Crippen LogP contribution in [0.25, 0.3) is 33.4 Å². The number of anilines is 2. The molecule has 3 aromatic carbocycles. The molecule has 6 aromatic heterocycles. The normalized spacial score (nSPS) is 18.6. The lowest BCUT2D eigenvalue weighted by Crippen LogP contribution is -2.48. The SMILES string of the molecule is CC(C)(C)OC(=O)N[C@@H]1c2ccccc2CC12CCCCC2.Cc1cc(-c2cccnc2)c(C)c(Cl)n1.Cc1cc(-c2cccnc2)c(C)c(N2CCC3(CC2)Cc2ccccc2[C@H]3N)n1.Cc1cc(-c2cccnc2)c(C)c(N2CCC3(CC2)Cc2ccccc2[C@H]3NC(=O)OC(C)(C)C)n1.Cl. The van der Waals surface area contributed by atoms with E-state index < -0.39 is 11.2 Å². The summed E-state index contributed by atoms with van der Waals surface area (Å²) in [5.74, 6) is 2.17. The molecule has 3 atom stereocenters. The van der Waals surface area contributed by atoms with Crippen molar-refractivity contribution >= 4 is 47.8 Å². The number of aryl methyl sites for hydroxylation is 3. The molecule has 0 bridgehead atoms. The quantitative estimate of drug-likeness (QED) is 0.128. The van der Waals surface area contributed by atoms with Gasteiger partial charge in [0, 0.05) is 109 Å². The first-order valence-corrected chi connectivity index (χ1v) is 37.0. The summed E-state index contributed by atoms with van der Waals surface area (Å²) >= 11 is 6.04. The summed E-state index contributed by atoms with van der Waals surface area (Å²) in [7, 11) is 0. The van der Waals surface area contributed by atoms with Crippen molar-refractivity contribution in [2.75, 3.05) is 36.0 Å². The lowest BCUT2D eigenvalue weighted by atomic mass is 9.69. The van der Waals surface area contributed by atoms with Gasteiger partial charge in [-0.1, -0.05) is 122 Å². The largest absolute Gasteiger partial charge is 0.444 e. The first-order chi connectivity index (χ1) is 48.8. The molecule has 3 spiro atoms. The molecule has 540 valence electrons. The number of alkyl carbamates (subject to hydrolysis) is 2. The molecule has 2 amide bonds. The average Bonchev–Trinajstić information content (AvgIpc) is 1.63. The van der Waals surface area contributed by atoms with Gasteiger partial charge in [-0.3, -0.25) is 15.0 Å². The molecule has 6 aliphatic rings. The topological polar surface area (TPSA) is 186 Å². The lowest BCUT2D eigenvalue weighted by molar-refractivity contribution is 0.0409. The minimum absolute atomic E-state index is 0. The van der Waals surface area contributed by atoms with E-state index in [-0.39, 0.29) is 59.0 Å². The second-order valence-electron chi connectivity index (χ2n) is 31.4. The molecule has 15 nitrogen and oxygen atoms in total. The molecule has 4 aliphatic carbocycles. The van der Waals surface area contributed by atoms with E-state index in [0.29, 0.717) is 5.15 Å². The molecule has 2 aliphatic heterocycles. The van der Waals surface area contributed by atoms with Crippen molar-refractivity contribution in [2.45, 2.75) is 189 Å². The van der Waals surface area contributed by atoms with Crippen molar-refractivity contribution in [1.82, 2.24) is 40.5 Å². The first-order valence-electron chi connectivity index (χ1n) is 36.6. The van der Waals surface area contributed by atoms with Crippen LogP contribution in [0.3, 0.4) is 0 Å². The van der Waals surface area contributed by atoms with Crippen LogP contribution in [0.2, 0.25) is 5.15 Å². The summed E-state index contributed by atoms with van der Waals surface area (Å²) in [6, 6.07) is 44.5. The fourth-order valence-corrected chi connectivity index (χ4v) is 17.2. The fraction of sp³-hybridized carbons (Fsp3) is 0.419. The van der Waals surface area contributed by atoms with E-state index in [0.717, 1.165) is 128 Å². The second-order valence-corrected chi connectivity index (χ2v) is 31.7. The zero-order valence-corrected chi connectivity index (χ0v) is 63.8. The standard InChI is InChI=1S/C30H36N4O2.C25H28N4.C19H27NO2.C12H11ClN2.ClH/c1-20-17-25(23-10-8-14-31-19-23)21(2)27(32-20)34-15-12-30(13-16-34)18-22-9-6-7-11-24(22)26(30)33-28(35)36-29(3,4)5;1-17-14-22(20-7-5-11-27-16-20)18(2)24(28-17)29-12-9-25(10-13-29)15-19-6-3-4-8-21(19)23(25)26;1-18(2,3)22-17(21)20-16-15-10-6-5-9-14(15)13-19(16)11-7-4-8-12-19;1-8-6-11(9(2)12(13)15-8)10-4-3-5-14-7-10;/h6-11,14,17,19,26H,12-13,15-16,18H2,1-5H3,(H,33,35);3-8,11,14,16,23H,9-10,12-13,15,26H2,1-2H3;5-6,9-10,16H,4,7-8,11-13H2,1-3H3,(H,20,21);3-7H,1-2H3;1H/t26-;23-;16-;;/m111../s1. The predicted molar refractivity (Wildman–Crippen MR) is 418 cm³/mol. The Labute approximate surface area is 621 Å². The van der Waals surface area contributed by atoms with Gasteiger partial charge < -0.3 is 35.6 Å². The number of nitrogens with zero attached hydrogens (tertiary/aromatic N) is 8. The molecule has 0 unspecified atom stereocenters. The van der Waals surface area contributed by atoms with E-state index in [9.17, 15) is 9.59 Å². The minimum Gasteiger partial charge on any atom is -0.444 e. The van der Waals surface area contributed by atoms with Gasteiger partial charge in [0.2, 0.25) is 0 Å². The van der Waals surface area contributed by atoms with Crippen molar-refractivity contribution < 1.29 is 19.1 Å². The average molecular weight is 1430 g/mol. The molecule has 15 rings (SSSR count). The number of rotatable bonds is 7. The Kier molecular flexibility index (Phi) is 23.2. The molecule has 4 N–H and O–H groups in total. The van der Waals surface area contributed by atoms with Crippen LogP contribution in [-0.4, -0.2) is 79.5 Å². The summed E-state index contributed by atoms with van der Waals surface area (Å²) in [6.07, 6.45) is 24.0. The molecule has 1 saturated carbocycles. The number of nitrogens with two attached hydrogens (primary N) is 1. The van der Waals surface area contributed by atoms with E-state index in [1.54, 1.807) is 12.4 Å². The number of pyridine rings is 6. The van der Waals surface area contributed by atoms with Crippen molar-refractivity contribution in [3.05, 3.63) is 237 Å². The van der Waals surface area contributed by atoms with Crippen molar-refractivity contribution in [3.63, 3.8) is 0 Å². The zero-order valence-electron chi connectivity index (χ0n) is 62.2. The fourth-order valence-electron chi connectivity index (χ4n) is 16.9. The number of nitrogens with one attached hydrogen (secondary N) is 2. The molecular weight excluding hydrogens is 1320 g/mol. The Morgan fingerprint density at radius 1 is 0.466 bits per heavy atom. The molecule has 17 heteroatoms. The maximum absolute atomic E-state index is 12.8.